The molecule has 0 saturated carbocycles. The smallest absolute Gasteiger partial charge is 0.258 e. The van der Waals surface area contributed by atoms with Gasteiger partial charge < -0.3 is 9.30 Å². The van der Waals surface area contributed by atoms with E-state index in [0.717, 1.165) is 11.3 Å². The minimum Gasteiger partial charge on any atom is -0.496 e. The zero-order valence-electron chi connectivity index (χ0n) is 14.6. The quantitative estimate of drug-likeness (QED) is 0.571. The zero-order valence-corrected chi connectivity index (χ0v) is 14.6. The molecule has 0 bridgehead atoms. The monoisotopic (exact) mass is 359 g/mol. The summed E-state index contributed by atoms with van der Waals surface area (Å²) in [6.07, 6.45) is 3.84. The summed E-state index contributed by atoms with van der Waals surface area (Å²) in [5.74, 6) is 1.11. The van der Waals surface area contributed by atoms with Crippen LogP contribution in [-0.2, 0) is 0 Å². The fourth-order valence-electron chi connectivity index (χ4n) is 2.77. The van der Waals surface area contributed by atoms with Crippen molar-refractivity contribution in [2.45, 2.75) is 0 Å². The first-order valence-corrected chi connectivity index (χ1v) is 8.35. The van der Waals surface area contributed by atoms with Gasteiger partial charge in [-0.15, -0.1) is 5.10 Å². The molecule has 0 fully saturated rings. The Morgan fingerprint density at radius 1 is 1.07 bits per heavy atom. The van der Waals surface area contributed by atoms with Crippen LogP contribution in [0.3, 0.4) is 0 Å². The maximum absolute atomic E-state index is 12.6. The van der Waals surface area contributed by atoms with Gasteiger partial charge >= 0.3 is 0 Å². The minimum atomic E-state index is -0.283. The first-order valence-electron chi connectivity index (χ1n) is 8.35. The van der Waals surface area contributed by atoms with Crippen molar-refractivity contribution in [3.05, 3.63) is 78.6 Å². The number of hydrogen-bond acceptors (Lipinski definition) is 4. The Bertz CT molecular complexity index is 1070. The fourth-order valence-corrected chi connectivity index (χ4v) is 2.77. The van der Waals surface area contributed by atoms with E-state index in [9.17, 15) is 4.79 Å². The molecule has 2 aromatic carbocycles. The molecular weight excluding hydrogens is 342 g/mol. The third kappa shape index (κ3) is 3.43. The van der Waals surface area contributed by atoms with Gasteiger partial charge in [0.25, 0.3) is 5.91 Å². The lowest BCUT2D eigenvalue weighted by atomic mass is 10.2. The molecule has 2 heterocycles. The number of benzene rings is 2. The molecule has 0 aliphatic rings. The van der Waals surface area contributed by atoms with E-state index < -0.39 is 0 Å². The van der Waals surface area contributed by atoms with E-state index in [1.54, 1.807) is 13.2 Å². The number of amides is 1. The average Bonchev–Trinajstić information content (AvgIpc) is 3.40. The molecule has 27 heavy (non-hydrogen) atoms. The highest BCUT2D eigenvalue weighted by Gasteiger charge is 2.13. The van der Waals surface area contributed by atoms with Crippen LogP contribution in [0.15, 0.2) is 73.1 Å². The molecule has 0 radical (unpaired) electrons. The number of hydrogen-bond donors (Lipinski definition) is 2. The van der Waals surface area contributed by atoms with Gasteiger partial charge in [0.05, 0.1) is 12.7 Å². The second-order valence-electron chi connectivity index (χ2n) is 5.80. The van der Waals surface area contributed by atoms with Crippen LogP contribution < -0.4 is 10.1 Å². The van der Waals surface area contributed by atoms with Crippen LogP contribution in [0, 0.1) is 0 Å². The Hall–Kier alpha value is -3.87. The summed E-state index contributed by atoms with van der Waals surface area (Å²) >= 11 is 0. The molecule has 4 aromatic rings. The number of ether oxygens (including phenoxy) is 1. The summed E-state index contributed by atoms with van der Waals surface area (Å²) in [5.41, 5.74) is 2.18. The third-order valence-electron chi connectivity index (χ3n) is 4.08. The second kappa shape index (κ2) is 7.17. The third-order valence-corrected chi connectivity index (χ3v) is 4.08. The van der Waals surface area contributed by atoms with Crippen molar-refractivity contribution in [2.75, 3.05) is 12.4 Å². The van der Waals surface area contributed by atoms with Crippen LogP contribution >= 0.6 is 0 Å². The number of nitrogens with one attached hydrogen (secondary N) is 2. The summed E-state index contributed by atoms with van der Waals surface area (Å²) in [4.78, 5) is 16.9. The number of anilines is 1. The Balaban J connectivity index is 1.54. The Labute approximate surface area is 155 Å². The number of carbonyl (C=O) groups is 1. The van der Waals surface area contributed by atoms with Gasteiger partial charge in [-0.3, -0.25) is 15.2 Å². The topological polar surface area (TPSA) is 84.8 Å². The van der Waals surface area contributed by atoms with Crippen molar-refractivity contribution in [3.8, 4) is 22.8 Å². The number of methoxy groups -OCH3 is 1. The number of aromatic nitrogens is 4. The molecule has 1 amide bonds. The Morgan fingerprint density at radius 3 is 2.70 bits per heavy atom. The predicted molar refractivity (Wildman–Crippen MR) is 102 cm³/mol. The van der Waals surface area contributed by atoms with Crippen LogP contribution in [0.2, 0.25) is 0 Å². The maximum Gasteiger partial charge on any atom is 0.258 e. The molecule has 0 aliphatic carbocycles. The highest BCUT2D eigenvalue weighted by molar-refractivity contribution is 6.03. The Kier molecular flexibility index (Phi) is 4.40. The molecule has 0 unspecified atom stereocenters. The van der Waals surface area contributed by atoms with Gasteiger partial charge in [-0.05, 0) is 42.5 Å². The van der Waals surface area contributed by atoms with Gasteiger partial charge in [0, 0.05) is 23.6 Å². The molecule has 4 rings (SSSR count). The van der Waals surface area contributed by atoms with Crippen molar-refractivity contribution in [3.63, 3.8) is 0 Å². The van der Waals surface area contributed by atoms with Gasteiger partial charge in [0.1, 0.15) is 5.75 Å². The van der Waals surface area contributed by atoms with Gasteiger partial charge in [0.15, 0.2) is 5.82 Å². The second-order valence-corrected chi connectivity index (χ2v) is 5.80. The number of rotatable bonds is 5. The van der Waals surface area contributed by atoms with E-state index >= 15 is 0 Å². The van der Waals surface area contributed by atoms with Gasteiger partial charge in [0.2, 0.25) is 5.95 Å². The molecule has 0 spiro atoms. The average molecular weight is 359 g/mol. The van der Waals surface area contributed by atoms with E-state index in [2.05, 4.69) is 20.5 Å². The van der Waals surface area contributed by atoms with Crippen LogP contribution in [0.1, 0.15) is 10.4 Å². The van der Waals surface area contributed by atoms with E-state index in [0.29, 0.717) is 17.1 Å². The maximum atomic E-state index is 12.6. The number of carbonyl (C=O) groups excluding carboxylic acids is 1. The van der Waals surface area contributed by atoms with Crippen LogP contribution in [0.25, 0.3) is 17.1 Å². The van der Waals surface area contributed by atoms with E-state index in [1.807, 2.05) is 71.6 Å². The fraction of sp³-hybridized carbons (Fsp3) is 0.0500. The van der Waals surface area contributed by atoms with E-state index in [1.165, 1.54) is 0 Å². The molecule has 0 atom stereocenters. The molecule has 7 nitrogen and oxygen atoms in total. The van der Waals surface area contributed by atoms with Crippen molar-refractivity contribution in [2.24, 2.45) is 0 Å². The number of H-pyrrole nitrogens is 1. The molecule has 0 saturated heterocycles. The number of nitrogens with zero attached hydrogens (tertiary/aromatic N) is 3. The highest BCUT2D eigenvalue weighted by Crippen LogP contribution is 2.27. The van der Waals surface area contributed by atoms with Crippen molar-refractivity contribution < 1.29 is 9.53 Å². The Morgan fingerprint density at radius 2 is 1.89 bits per heavy atom. The number of aromatic amines is 1. The van der Waals surface area contributed by atoms with Crippen molar-refractivity contribution >= 4 is 11.9 Å². The van der Waals surface area contributed by atoms with Crippen LogP contribution in [0.5, 0.6) is 5.75 Å². The summed E-state index contributed by atoms with van der Waals surface area (Å²) in [7, 11) is 1.59. The zero-order chi connectivity index (χ0) is 18.6. The first-order chi connectivity index (χ1) is 13.2. The van der Waals surface area contributed by atoms with Gasteiger partial charge in [-0.2, -0.15) is 4.98 Å². The summed E-state index contributed by atoms with van der Waals surface area (Å²) in [6, 6.07) is 18.6. The predicted octanol–water partition coefficient (Wildman–Crippen LogP) is 3.52. The molecule has 2 aromatic heterocycles. The van der Waals surface area contributed by atoms with Gasteiger partial charge in [-0.1, -0.05) is 18.2 Å². The summed E-state index contributed by atoms with van der Waals surface area (Å²) < 4.78 is 7.26. The van der Waals surface area contributed by atoms with E-state index in [4.69, 9.17) is 4.74 Å². The lowest BCUT2D eigenvalue weighted by Gasteiger charge is -2.06. The molecule has 134 valence electrons. The van der Waals surface area contributed by atoms with E-state index in [-0.39, 0.29) is 11.9 Å². The molecular formula is C20H17N5O2. The molecule has 7 heteroatoms. The summed E-state index contributed by atoms with van der Waals surface area (Å²) in [6.45, 7) is 0. The standard InChI is InChI=1S/C20H17N5O2/c1-27-17-10-3-2-9-16(17)18-21-20(24-23-18)22-19(26)14-7-6-8-15(13-14)25-11-4-5-12-25/h2-13H,1H3,(H2,21,22,23,24,26). The van der Waals surface area contributed by atoms with Crippen LogP contribution in [0.4, 0.5) is 5.95 Å². The molecule has 2 N–H and O–H groups in total. The van der Waals surface area contributed by atoms with Crippen molar-refractivity contribution in [1.82, 2.24) is 19.7 Å². The lowest BCUT2D eigenvalue weighted by Crippen LogP contribution is -2.13. The summed E-state index contributed by atoms with van der Waals surface area (Å²) in [5, 5.41) is 9.62. The van der Waals surface area contributed by atoms with Gasteiger partial charge in [-0.25, -0.2) is 0 Å². The number of para-hydroxylation sites is 1. The lowest BCUT2D eigenvalue weighted by molar-refractivity contribution is 0.102. The first kappa shape index (κ1) is 16.6. The van der Waals surface area contributed by atoms with Crippen molar-refractivity contribution in [1.29, 1.82) is 0 Å². The largest absolute Gasteiger partial charge is 0.496 e. The minimum absolute atomic E-state index is 0.201. The molecule has 0 aliphatic heterocycles. The van der Waals surface area contributed by atoms with Crippen LogP contribution in [-0.4, -0.2) is 32.8 Å². The SMILES string of the molecule is COc1ccccc1-c1nc(NC(=O)c2cccc(-n3cccc3)c2)n[nH]1. The highest BCUT2D eigenvalue weighted by atomic mass is 16.5. The normalized spacial score (nSPS) is 10.6.